The molecule has 3 rings (SSSR count). The van der Waals surface area contributed by atoms with Crippen LogP contribution in [0.3, 0.4) is 0 Å². The normalized spacial score (nSPS) is 25.9. The van der Waals surface area contributed by atoms with Gasteiger partial charge < -0.3 is 15.2 Å². The first-order chi connectivity index (χ1) is 12.9. The van der Waals surface area contributed by atoms with E-state index in [-0.39, 0.29) is 29.4 Å². The monoisotopic (exact) mass is 400 g/mol. The minimum Gasteiger partial charge on any atom is -0.394 e. The number of halogens is 1. The van der Waals surface area contributed by atoms with Crippen molar-refractivity contribution < 1.29 is 27.4 Å². The summed E-state index contributed by atoms with van der Waals surface area (Å²) in [5.41, 5.74) is 0. The number of aliphatic hydroxyl groups excluding tert-OH is 1. The van der Waals surface area contributed by atoms with Gasteiger partial charge in [-0.15, -0.1) is 0 Å². The molecule has 1 aliphatic heterocycles. The van der Waals surface area contributed by atoms with Crippen molar-refractivity contribution in [1.29, 1.82) is 0 Å². The van der Waals surface area contributed by atoms with Crippen molar-refractivity contribution >= 4 is 15.9 Å². The first-order valence-corrected chi connectivity index (χ1v) is 10.7. The average Bonchev–Trinajstić information content (AvgIpc) is 3.48. The third kappa shape index (κ3) is 5.47. The van der Waals surface area contributed by atoms with Crippen molar-refractivity contribution in [1.82, 2.24) is 10.0 Å². The molecule has 0 bridgehead atoms. The zero-order valence-corrected chi connectivity index (χ0v) is 15.8. The Kier molecular flexibility index (Phi) is 6.46. The second-order valence-electron chi connectivity index (χ2n) is 7.10. The Morgan fingerprint density at radius 1 is 1.26 bits per heavy atom. The maximum atomic E-state index is 13.3. The fraction of sp³-hybridized carbons (Fsp3) is 0.611. The van der Waals surface area contributed by atoms with Crippen molar-refractivity contribution in [2.75, 3.05) is 13.2 Å². The summed E-state index contributed by atoms with van der Waals surface area (Å²) in [6, 6.07) is 4.17. The maximum absolute atomic E-state index is 13.3. The fourth-order valence-electron chi connectivity index (χ4n) is 3.23. The minimum absolute atomic E-state index is 0.0743. The van der Waals surface area contributed by atoms with E-state index in [0.29, 0.717) is 25.8 Å². The molecule has 27 heavy (non-hydrogen) atoms. The summed E-state index contributed by atoms with van der Waals surface area (Å²) >= 11 is 0. The molecule has 2 fully saturated rings. The van der Waals surface area contributed by atoms with E-state index in [2.05, 4.69) is 10.0 Å². The van der Waals surface area contributed by atoms with Gasteiger partial charge in [0.25, 0.3) is 0 Å². The average molecular weight is 400 g/mol. The predicted molar refractivity (Wildman–Crippen MR) is 95.8 cm³/mol. The van der Waals surface area contributed by atoms with E-state index in [9.17, 15) is 22.7 Å². The summed E-state index contributed by atoms with van der Waals surface area (Å²) in [7, 11) is -3.91. The van der Waals surface area contributed by atoms with E-state index in [0.717, 1.165) is 18.9 Å². The van der Waals surface area contributed by atoms with Crippen LogP contribution in [0, 0.1) is 11.7 Å². The quantitative estimate of drug-likeness (QED) is 0.602. The highest BCUT2D eigenvalue weighted by Gasteiger charge is 2.34. The van der Waals surface area contributed by atoms with E-state index >= 15 is 0 Å². The topological polar surface area (TPSA) is 105 Å². The van der Waals surface area contributed by atoms with Crippen molar-refractivity contribution in [3.05, 3.63) is 30.1 Å². The molecule has 7 nitrogen and oxygen atoms in total. The van der Waals surface area contributed by atoms with E-state index < -0.39 is 28.0 Å². The van der Waals surface area contributed by atoms with E-state index in [1.54, 1.807) is 0 Å². The summed E-state index contributed by atoms with van der Waals surface area (Å²) in [6.45, 7) is 0.166. The predicted octanol–water partition coefficient (Wildman–Crippen LogP) is 0.929. The molecule has 1 amide bonds. The fourth-order valence-corrected chi connectivity index (χ4v) is 4.56. The lowest BCUT2D eigenvalue weighted by molar-refractivity contribution is -0.122. The highest BCUT2D eigenvalue weighted by molar-refractivity contribution is 7.89. The van der Waals surface area contributed by atoms with Gasteiger partial charge in [-0.05, 0) is 50.3 Å². The van der Waals surface area contributed by atoms with Crippen molar-refractivity contribution in [3.63, 3.8) is 0 Å². The first kappa shape index (κ1) is 20.2. The molecule has 0 spiro atoms. The molecular formula is C18H25FN2O5S. The van der Waals surface area contributed by atoms with Crippen LogP contribution in [0.15, 0.2) is 29.2 Å². The van der Waals surface area contributed by atoms with Gasteiger partial charge >= 0.3 is 0 Å². The molecule has 1 aromatic carbocycles. The number of rotatable bonds is 8. The van der Waals surface area contributed by atoms with Crippen molar-refractivity contribution in [2.24, 2.45) is 5.92 Å². The number of nitrogens with one attached hydrogen (secondary N) is 2. The Labute approximate surface area is 158 Å². The van der Waals surface area contributed by atoms with Gasteiger partial charge in [0, 0.05) is 12.5 Å². The number of carbonyl (C=O) groups is 1. The number of ether oxygens (including phenoxy) is 1. The molecular weight excluding hydrogens is 375 g/mol. The smallest absolute Gasteiger partial charge is 0.241 e. The molecule has 150 valence electrons. The van der Waals surface area contributed by atoms with Crippen LogP contribution in [0.25, 0.3) is 0 Å². The lowest BCUT2D eigenvalue weighted by atomic mass is 9.98. The van der Waals surface area contributed by atoms with Crippen LogP contribution < -0.4 is 10.0 Å². The third-order valence-electron chi connectivity index (χ3n) is 4.92. The highest BCUT2D eigenvalue weighted by Crippen LogP contribution is 2.29. The van der Waals surface area contributed by atoms with Gasteiger partial charge in [0.2, 0.25) is 15.9 Å². The number of hydrogen-bond acceptors (Lipinski definition) is 5. The molecule has 3 N–H and O–H groups in total. The maximum Gasteiger partial charge on any atom is 0.241 e. The minimum atomic E-state index is -3.91. The first-order valence-electron chi connectivity index (χ1n) is 9.21. The second-order valence-corrected chi connectivity index (χ2v) is 8.81. The van der Waals surface area contributed by atoms with Crippen molar-refractivity contribution in [3.8, 4) is 0 Å². The Morgan fingerprint density at radius 2 is 2.04 bits per heavy atom. The number of sulfonamides is 1. The molecule has 1 saturated heterocycles. The SMILES string of the molecule is O=C(NCC[C@H]1CC[C@@H](NS(=O)(=O)c2cccc(F)c2)[C@H](CO)O1)C1CC1. The summed E-state index contributed by atoms with van der Waals surface area (Å²) in [4.78, 5) is 11.5. The molecule has 1 aliphatic carbocycles. The molecule has 2 aliphatic rings. The molecule has 0 unspecified atom stereocenters. The number of hydrogen-bond donors (Lipinski definition) is 3. The highest BCUT2D eigenvalue weighted by atomic mass is 32.2. The van der Waals surface area contributed by atoms with Crippen molar-refractivity contribution in [2.45, 2.75) is 55.2 Å². The van der Waals surface area contributed by atoms with Crippen LogP contribution in [0.1, 0.15) is 32.1 Å². The summed E-state index contributed by atoms with van der Waals surface area (Å²) in [5, 5.41) is 12.5. The molecule has 3 atom stereocenters. The van der Waals surface area contributed by atoms with Crippen LogP contribution in [0.4, 0.5) is 4.39 Å². The van der Waals surface area contributed by atoms with Gasteiger partial charge in [0.1, 0.15) is 5.82 Å². The largest absolute Gasteiger partial charge is 0.394 e. The lowest BCUT2D eigenvalue weighted by Gasteiger charge is -2.36. The lowest BCUT2D eigenvalue weighted by Crippen LogP contribution is -2.51. The second kappa shape index (κ2) is 8.64. The standard InChI is InChI=1S/C18H25FN2O5S/c19-13-2-1-3-15(10-13)27(24,25)21-16-7-6-14(26-17(16)11-22)8-9-20-18(23)12-4-5-12/h1-3,10,12,14,16-17,21-22H,4-9,11H2,(H,20,23)/t14-,16-,17+/m1/s1. The summed E-state index contributed by atoms with van der Waals surface area (Å²) < 4.78 is 46.5. The Hall–Kier alpha value is -1.55. The van der Waals surface area contributed by atoms with Crippen LogP contribution >= 0.6 is 0 Å². The van der Waals surface area contributed by atoms with Gasteiger partial charge in [0.05, 0.1) is 29.8 Å². The molecule has 1 heterocycles. The van der Waals surface area contributed by atoms with E-state index in [4.69, 9.17) is 4.74 Å². The van der Waals surface area contributed by atoms with Crippen LogP contribution in [-0.2, 0) is 19.6 Å². The Morgan fingerprint density at radius 3 is 2.70 bits per heavy atom. The Bertz CT molecular complexity index is 769. The third-order valence-corrected chi connectivity index (χ3v) is 6.41. The Balaban J connectivity index is 1.52. The van der Waals surface area contributed by atoms with Crippen LogP contribution in [0.2, 0.25) is 0 Å². The van der Waals surface area contributed by atoms with E-state index in [1.165, 1.54) is 18.2 Å². The van der Waals surface area contributed by atoms with Gasteiger partial charge in [-0.25, -0.2) is 17.5 Å². The van der Waals surface area contributed by atoms with Gasteiger partial charge in [0.15, 0.2) is 0 Å². The number of benzene rings is 1. The van der Waals surface area contributed by atoms with Gasteiger partial charge in [-0.1, -0.05) is 6.07 Å². The summed E-state index contributed by atoms with van der Waals surface area (Å²) in [6.07, 6.45) is 2.76. The molecule has 0 aromatic heterocycles. The zero-order chi connectivity index (χ0) is 19.4. The van der Waals surface area contributed by atoms with Crippen LogP contribution in [0.5, 0.6) is 0 Å². The molecule has 9 heteroatoms. The van der Waals surface area contributed by atoms with E-state index in [1.807, 2.05) is 0 Å². The van der Waals surface area contributed by atoms with Gasteiger partial charge in [-0.2, -0.15) is 0 Å². The number of amides is 1. The number of carbonyl (C=O) groups excluding carboxylic acids is 1. The molecule has 1 aromatic rings. The van der Waals surface area contributed by atoms with Crippen LogP contribution in [-0.4, -0.2) is 50.8 Å². The molecule has 0 radical (unpaired) electrons. The van der Waals surface area contributed by atoms with Gasteiger partial charge in [-0.3, -0.25) is 4.79 Å². The zero-order valence-electron chi connectivity index (χ0n) is 14.9. The number of aliphatic hydroxyl groups is 1. The summed E-state index contributed by atoms with van der Waals surface area (Å²) in [5.74, 6) is -0.404. The molecule has 1 saturated carbocycles.